The van der Waals surface area contributed by atoms with E-state index in [0.717, 1.165) is 35.2 Å². The molecule has 1 aliphatic heterocycles. The van der Waals surface area contributed by atoms with Crippen LogP contribution in [0.4, 0.5) is 5.13 Å². The molecule has 2 aromatic heterocycles. The van der Waals surface area contributed by atoms with Crippen LogP contribution < -0.4 is 10.5 Å². The summed E-state index contributed by atoms with van der Waals surface area (Å²) in [5, 5.41) is 14.9. The van der Waals surface area contributed by atoms with E-state index in [1.807, 2.05) is 13.0 Å². The summed E-state index contributed by atoms with van der Waals surface area (Å²) in [5.41, 5.74) is 1.06. The highest BCUT2D eigenvalue weighted by Gasteiger charge is 2.29. The van der Waals surface area contributed by atoms with Crippen molar-refractivity contribution >= 4 is 16.5 Å². The Morgan fingerprint density at radius 2 is 2.14 bits per heavy atom. The topological polar surface area (TPSA) is 63.9 Å². The Morgan fingerprint density at radius 3 is 2.86 bits per heavy atom. The molecule has 1 saturated heterocycles. The predicted molar refractivity (Wildman–Crippen MR) is 85.5 cm³/mol. The number of nitrogens with zero attached hydrogens (tertiary/aromatic N) is 5. The summed E-state index contributed by atoms with van der Waals surface area (Å²) in [6.45, 7) is 3.59. The van der Waals surface area contributed by atoms with Crippen LogP contribution in [0, 0.1) is 6.92 Å². The zero-order chi connectivity index (χ0) is 15.1. The molecule has 4 rings (SSSR count). The molecule has 0 N–H and O–H groups in total. The van der Waals surface area contributed by atoms with E-state index in [1.54, 1.807) is 22.1 Å². The van der Waals surface area contributed by atoms with Crippen LogP contribution in [-0.2, 0) is 6.54 Å². The van der Waals surface area contributed by atoms with Gasteiger partial charge in [0, 0.05) is 18.5 Å². The van der Waals surface area contributed by atoms with E-state index in [9.17, 15) is 4.79 Å². The van der Waals surface area contributed by atoms with Crippen molar-refractivity contribution in [1.29, 1.82) is 0 Å². The van der Waals surface area contributed by atoms with E-state index in [2.05, 4.69) is 20.2 Å². The first-order valence-corrected chi connectivity index (χ1v) is 8.67. The molecule has 0 spiro atoms. The number of rotatable bonds is 4. The third-order valence-corrected chi connectivity index (χ3v) is 5.28. The summed E-state index contributed by atoms with van der Waals surface area (Å²) in [6, 6.07) is 3.83. The van der Waals surface area contributed by atoms with E-state index < -0.39 is 0 Å². The highest BCUT2D eigenvalue weighted by atomic mass is 32.1. The second kappa shape index (κ2) is 5.46. The van der Waals surface area contributed by atoms with Crippen LogP contribution in [-0.4, -0.2) is 32.6 Å². The minimum absolute atomic E-state index is 0.00954. The lowest BCUT2D eigenvalue weighted by Crippen LogP contribution is -2.37. The van der Waals surface area contributed by atoms with Crippen LogP contribution in [0.25, 0.3) is 0 Å². The number of aromatic nitrogens is 4. The average Bonchev–Trinajstić information content (AvgIpc) is 3.11. The van der Waals surface area contributed by atoms with Crippen molar-refractivity contribution in [2.45, 2.75) is 51.1 Å². The van der Waals surface area contributed by atoms with Gasteiger partial charge in [-0.15, -0.1) is 10.2 Å². The molecule has 1 aliphatic carbocycles. The first kappa shape index (κ1) is 13.9. The van der Waals surface area contributed by atoms with E-state index in [0.29, 0.717) is 12.5 Å². The Kier molecular flexibility index (Phi) is 3.44. The summed E-state index contributed by atoms with van der Waals surface area (Å²) in [4.78, 5) is 14.4. The minimum atomic E-state index is -0.00954. The number of aryl methyl sites for hydroxylation is 1. The summed E-state index contributed by atoms with van der Waals surface area (Å²) < 4.78 is 1.64. The van der Waals surface area contributed by atoms with Gasteiger partial charge in [0.1, 0.15) is 5.01 Å². The van der Waals surface area contributed by atoms with Crippen LogP contribution >= 0.6 is 11.3 Å². The molecule has 116 valence electrons. The Bertz CT molecular complexity index is 736. The van der Waals surface area contributed by atoms with Crippen LogP contribution in [0.15, 0.2) is 16.9 Å². The highest BCUT2D eigenvalue weighted by Crippen LogP contribution is 2.38. The molecule has 0 amide bonds. The van der Waals surface area contributed by atoms with Gasteiger partial charge in [0.15, 0.2) is 0 Å². The molecule has 0 aromatic carbocycles. The lowest BCUT2D eigenvalue weighted by molar-refractivity contribution is 0.481. The van der Waals surface area contributed by atoms with Gasteiger partial charge in [-0.05, 0) is 38.7 Å². The van der Waals surface area contributed by atoms with Gasteiger partial charge in [0.2, 0.25) is 5.13 Å². The second-order valence-electron chi connectivity index (χ2n) is 6.15. The fraction of sp³-hybridized carbons (Fsp3) is 0.600. The molecule has 1 atom stereocenters. The van der Waals surface area contributed by atoms with Gasteiger partial charge in [-0.3, -0.25) is 4.79 Å². The maximum absolute atomic E-state index is 12.1. The number of hydrogen-bond acceptors (Lipinski definition) is 6. The van der Waals surface area contributed by atoms with Crippen molar-refractivity contribution in [3.8, 4) is 0 Å². The van der Waals surface area contributed by atoms with Gasteiger partial charge >= 0.3 is 0 Å². The Hall–Kier alpha value is -1.76. The Labute approximate surface area is 132 Å². The van der Waals surface area contributed by atoms with Crippen molar-refractivity contribution in [3.05, 3.63) is 33.2 Å². The van der Waals surface area contributed by atoms with Crippen molar-refractivity contribution in [1.82, 2.24) is 20.0 Å². The monoisotopic (exact) mass is 317 g/mol. The van der Waals surface area contributed by atoms with Crippen molar-refractivity contribution < 1.29 is 0 Å². The highest BCUT2D eigenvalue weighted by molar-refractivity contribution is 7.15. The standard InChI is InChI=1S/C15H19N5OS/c1-10-16-17-15(22-10)19-8-2-3-12(19)9-20-14(21)7-6-13(18-20)11-4-5-11/h6-7,11-12H,2-5,8-9H2,1H3. The first-order valence-electron chi connectivity index (χ1n) is 7.85. The zero-order valence-electron chi connectivity index (χ0n) is 12.6. The van der Waals surface area contributed by atoms with Crippen molar-refractivity contribution in [2.75, 3.05) is 11.4 Å². The van der Waals surface area contributed by atoms with E-state index in [-0.39, 0.29) is 11.6 Å². The van der Waals surface area contributed by atoms with Crippen LogP contribution in [0.2, 0.25) is 0 Å². The van der Waals surface area contributed by atoms with Gasteiger partial charge < -0.3 is 4.90 Å². The molecular weight excluding hydrogens is 298 g/mol. The predicted octanol–water partition coefficient (Wildman–Crippen LogP) is 1.95. The average molecular weight is 317 g/mol. The van der Waals surface area contributed by atoms with Gasteiger partial charge in [0.05, 0.1) is 18.3 Å². The van der Waals surface area contributed by atoms with Crippen molar-refractivity contribution in [2.24, 2.45) is 0 Å². The van der Waals surface area contributed by atoms with Crippen LogP contribution in [0.1, 0.15) is 42.3 Å². The maximum Gasteiger partial charge on any atom is 0.266 e. The molecule has 2 aromatic rings. The van der Waals surface area contributed by atoms with E-state index >= 15 is 0 Å². The third-order valence-electron chi connectivity index (χ3n) is 4.40. The van der Waals surface area contributed by atoms with Gasteiger partial charge in [-0.2, -0.15) is 5.10 Å². The van der Waals surface area contributed by atoms with Gasteiger partial charge in [-0.1, -0.05) is 11.3 Å². The summed E-state index contributed by atoms with van der Waals surface area (Å²) >= 11 is 1.62. The molecule has 1 saturated carbocycles. The molecule has 22 heavy (non-hydrogen) atoms. The fourth-order valence-corrected chi connectivity index (χ4v) is 3.86. The molecule has 3 heterocycles. The molecule has 7 heteroatoms. The van der Waals surface area contributed by atoms with Crippen LogP contribution in [0.5, 0.6) is 0 Å². The Morgan fingerprint density at radius 1 is 1.27 bits per heavy atom. The molecule has 0 radical (unpaired) electrons. The maximum atomic E-state index is 12.1. The van der Waals surface area contributed by atoms with Crippen molar-refractivity contribution in [3.63, 3.8) is 0 Å². The Balaban J connectivity index is 1.57. The molecule has 2 fully saturated rings. The van der Waals surface area contributed by atoms with Gasteiger partial charge in [-0.25, -0.2) is 4.68 Å². The first-order chi connectivity index (χ1) is 10.7. The third kappa shape index (κ3) is 2.65. The molecular formula is C15H19N5OS. The normalized spacial score (nSPS) is 21.5. The molecule has 0 bridgehead atoms. The van der Waals surface area contributed by atoms with Crippen LogP contribution in [0.3, 0.4) is 0 Å². The van der Waals surface area contributed by atoms with E-state index in [4.69, 9.17) is 0 Å². The molecule has 1 unspecified atom stereocenters. The largest absolute Gasteiger partial charge is 0.342 e. The fourth-order valence-electron chi connectivity index (χ4n) is 3.07. The van der Waals surface area contributed by atoms with Gasteiger partial charge in [0.25, 0.3) is 5.56 Å². The molecule has 6 nitrogen and oxygen atoms in total. The summed E-state index contributed by atoms with van der Waals surface area (Å²) in [7, 11) is 0. The summed E-state index contributed by atoms with van der Waals surface area (Å²) in [6.07, 6.45) is 4.59. The number of anilines is 1. The zero-order valence-corrected chi connectivity index (χ0v) is 13.4. The summed E-state index contributed by atoms with van der Waals surface area (Å²) in [5.74, 6) is 0.567. The molecule has 2 aliphatic rings. The smallest absolute Gasteiger partial charge is 0.266 e. The lowest BCUT2D eigenvalue weighted by atomic mass is 10.2. The minimum Gasteiger partial charge on any atom is -0.342 e. The lowest BCUT2D eigenvalue weighted by Gasteiger charge is -2.23. The second-order valence-corrected chi connectivity index (χ2v) is 7.31. The quantitative estimate of drug-likeness (QED) is 0.862. The number of hydrogen-bond donors (Lipinski definition) is 0. The van der Waals surface area contributed by atoms with E-state index in [1.165, 1.54) is 12.8 Å². The SMILES string of the molecule is Cc1nnc(N2CCCC2Cn2nc(C3CC3)ccc2=O)s1.